The molecule has 0 atom stereocenters. The van der Waals surface area contributed by atoms with Crippen molar-refractivity contribution in [2.45, 2.75) is 0 Å². The molecule has 12 aromatic rings. The van der Waals surface area contributed by atoms with Gasteiger partial charge in [-0.1, -0.05) is 194 Å². The zero-order valence-corrected chi connectivity index (χ0v) is 39.4. The Morgan fingerprint density at radius 3 is 1.76 bits per heavy atom. The summed E-state index contributed by atoms with van der Waals surface area (Å²) in [4.78, 5) is 10.4. The van der Waals surface area contributed by atoms with Crippen molar-refractivity contribution in [3.63, 3.8) is 0 Å². The first-order valence-electron chi connectivity index (χ1n) is 23.2. The van der Waals surface area contributed by atoms with Crippen molar-refractivity contribution in [3.8, 4) is 28.7 Å². The Morgan fingerprint density at radius 2 is 1.07 bits per heavy atom. The SMILES string of the molecule is Cn1c(-c2cccc([Si](c3ccccc3)(c3ccccc3)c3ccc4c5ccc6c(c5n(-c5ccccn5)c4c3)[Si](c3ccccc3)(c3ccccc3)c3ccccc3O6)c2)nc2ccccc21. The second-order valence-corrected chi connectivity index (χ2v) is 25.2. The molecule has 0 saturated carbocycles. The van der Waals surface area contributed by atoms with Crippen molar-refractivity contribution in [2.75, 3.05) is 0 Å². The zero-order chi connectivity index (χ0) is 45.2. The van der Waals surface area contributed by atoms with E-state index in [0.717, 1.165) is 56.2 Å². The molecule has 1 aliphatic heterocycles. The molecule has 0 aliphatic carbocycles. The van der Waals surface area contributed by atoms with Crippen LogP contribution in [0.25, 0.3) is 50.0 Å². The molecule has 0 N–H and O–H groups in total. The summed E-state index contributed by atoms with van der Waals surface area (Å²) in [5.74, 6) is 3.59. The first-order valence-corrected chi connectivity index (χ1v) is 27.2. The predicted octanol–water partition coefficient (Wildman–Crippen LogP) is 8.59. The fourth-order valence-corrected chi connectivity index (χ4v) is 21.4. The largest absolute Gasteiger partial charge is 0.457 e. The minimum atomic E-state index is -3.11. The number of ether oxygens (including phenoxy) is 1. The van der Waals surface area contributed by atoms with E-state index in [1.54, 1.807) is 0 Å². The Kier molecular flexibility index (Phi) is 9.35. The number of hydrogen-bond acceptors (Lipinski definition) is 3. The molecule has 0 bridgehead atoms. The van der Waals surface area contributed by atoms with Gasteiger partial charge in [-0.05, 0) is 84.8 Å². The van der Waals surface area contributed by atoms with Gasteiger partial charge < -0.3 is 9.30 Å². The lowest BCUT2D eigenvalue weighted by Crippen LogP contribution is -2.76. The number of pyridine rings is 1. The van der Waals surface area contributed by atoms with E-state index in [1.165, 1.54) is 46.9 Å². The molecule has 322 valence electrons. The summed E-state index contributed by atoms with van der Waals surface area (Å²) in [5.41, 5.74) is 5.41. The number of imidazole rings is 1. The molecular formula is C61H44N4OSi2. The molecule has 3 aromatic heterocycles. The fourth-order valence-electron chi connectivity index (χ4n) is 11.4. The molecule has 9 aromatic carbocycles. The predicted molar refractivity (Wildman–Crippen MR) is 286 cm³/mol. The Labute approximate surface area is 396 Å². The maximum Gasteiger partial charge on any atom is 0.191 e. The summed E-state index contributed by atoms with van der Waals surface area (Å²) in [6, 6.07) is 89.0. The molecule has 0 amide bonds. The van der Waals surface area contributed by atoms with Crippen LogP contribution in [0.1, 0.15) is 0 Å². The topological polar surface area (TPSA) is 44.9 Å². The van der Waals surface area contributed by atoms with Crippen molar-refractivity contribution in [1.29, 1.82) is 0 Å². The van der Waals surface area contributed by atoms with Gasteiger partial charge in [-0.2, -0.15) is 0 Å². The third-order valence-electron chi connectivity index (χ3n) is 14.3. The van der Waals surface area contributed by atoms with Crippen LogP contribution in [0, 0.1) is 0 Å². The van der Waals surface area contributed by atoms with Gasteiger partial charge in [-0.3, -0.25) is 4.57 Å². The molecule has 0 unspecified atom stereocenters. The number of nitrogens with zero attached hydrogens (tertiary/aromatic N) is 4. The molecule has 13 rings (SSSR count). The number of hydrogen-bond donors (Lipinski definition) is 0. The number of rotatable bonds is 8. The van der Waals surface area contributed by atoms with Gasteiger partial charge in [0.2, 0.25) is 0 Å². The van der Waals surface area contributed by atoms with Gasteiger partial charge in [-0.25, -0.2) is 9.97 Å². The van der Waals surface area contributed by atoms with Gasteiger partial charge in [0.05, 0.1) is 22.1 Å². The number of aryl methyl sites for hydroxylation is 1. The Balaban J connectivity index is 1.17. The third kappa shape index (κ3) is 5.86. The first kappa shape index (κ1) is 40.0. The summed E-state index contributed by atoms with van der Waals surface area (Å²) >= 11 is 0. The van der Waals surface area contributed by atoms with E-state index in [4.69, 9.17) is 14.7 Å². The lowest BCUT2D eigenvalue weighted by Gasteiger charge is -2.40. The van der Waals surface area contributed by atoms with E-state index in [2.05, 4.69) is 253 Å². The Morgan fingerprint density at radius 1 is 0.471 bits per heavy atom. The molecule has 1 aliphatic rings. The Hall–Kier alpha value is -8.37. The highest BCUT2D eigenvalue weighted by molar-refractivity contribution is 7.22. The maximum absolute atomic E-state index is 7.10. The van der Waals surface area contributed by atoms with Crippen LogP contribution in [0.5, 0.6) is 11.5 Å². The number of aromatic nitrogens is 4. The van der Waals surface area contributed by atoms with Crippen LogP contribution >= 0.6 is 0 Å². The summed E-state index contributed by atoms with van der Waals surface area (Å²) in [6.45, 7) is 0. The van der Waals surface area contributed by atoms with Crippen LogP contribution in [0.2, 0.25) is 0 Å². The number of para-hydroxylation sites is 3. The van der Waals surface area contributed by atoms with Crippen LogP contribution < -0.4 is 46.2 Å². The lowest BCUT2D eigenvalue weighted by molar-refractivity contribution is 0.487. The van der Waals surface area contributed by atoms with Crippen LogP contribution in [0.4, 0.5) is 0 Å². The van der Waals surface area contributed by atoms with Gasteiger partial charge >= 0.3 is 0 Å². The standard InChI is InChI=1S/C61H44N4OSi2/c1-64-53-32-15-14-31-52(53)63-61(64)43-21-20-30-48(41-43)67(44-22-6-2-7-23-44,45-24-8-3-9-25-45)49-36-37-50-51-38-39-56-60(59(51)65(54(50)42-49)58-35-18-19-40-62-58)68(46-26-10-4-11-27-46,47-28-12-5-13-29-47)57-34-17-16-33-55(57)66-56/h2-42H,1H3. The average molecular weight is 905 g/mol. The van der Waals surface area contributed by atoms with Gasteiger partial charge in [0.1, 0.15) is 23.1 Å². The molecule has 0 fully saturated rings. The third-order valence-corrected chi connectivity index (χ3v) is 23.9. The van der Waals surface area contributed by atoms with Crippen molar-refractivity contribution >= 4 is 90.5 Å². The van der Waals surface area contributed by atoms with E-state index in [9.17, 15) is 0 Å². The van der Waals surface area contributed by atoms with Gasteiger partial charge in [0.15, 0.2) is 16.1 Å². The lowest BCUT2D eigenvalue weighted by atomic mass is 10.1. The number of fused-ring (bicyclic) bond motifs is 7. The van der Waals surface area contributed by atoms with E-state index in [0.29, 0.717) is 0 Å². The molecule has 7 heteroatoms. The first-order chi connectivity index (χ1) is 33.7. The molecule has 68 heavy (non-hydrogen) atoms. The molecule has 5 nitrogen and oxygen atoms in total. The van der Waals surface area contributed by atoms with E-state index in [1.807, 2.05) is 12.3 Å². The zero-order valence-electron chi connectivity index (χ0n) is 37.4. The van der Waals surface area contributed by atoms with Crippen molar-refractivity contribution in [1.82, 2.24) is 19.1 Å². The van der Waals surface area contributed by atoms with Crippen LogP contribution in [0.15, 0.2) is 249 Å². The molecule has 0 spiro atoms. The maximum atomic E-state index is 7.10. The summed E-state index contributed by atoms with van der Waals surface area (Å²) in [7, 11) is -4.09. The quantitative estimate of drug-likeness (QED) is 0.114. The minimum Gasteiger partial charge on any atom is -0.457 e. The summed E-state index contributed by atoms with van der Waals surface area (Å²) in [5, 5.41) is 12.5. The molecule has 0 radical (unpaired) electrons. The van der Waals surface area contributed by atoms with E-state index >= 15 is 0 Å². The summed E-state index contributed by atoms with van der Waals surface area (Å²) in [6.07, 6.45) is 1.91. The molecule has 4 heterocycles. The van der Waals surface area contributed by atoms with Gasteiger partial charge in [0.25, 0.3) is 0 Å². The number of benzene rings is 9. The normalized spacial score (nSPS) is 13.0. The van der Waals surface area contributed by atoms with Crippen LogP contribution in [-0.4, -0.2) is 35.2 Å². The highest BCUT2D eigenvalue weighted by Gasteiger charge is 2.50. The van der Waals surface area contributed by atoms with Crippen molar-refractivity contribution in [3.05, 3.63) is 249 Å². The fraction of sp³-hybridized carbons (Fsp3) is 0.0164. The highest BCUT2D eigenvalue weighted by Crippen LogP contribution is 2.38. The highest BCUT2D eigenvalue weighted by atomic mass is 28.3. The average Bonchev–Trinajstić information content (AvgIpc) is 3.93. The smallest absolute Gasteiger partial charge is 0.191 e. The van der Waals surface area contributed by atoms with Crippen molar-refractivity contribution < 1.29 is 4.74 Å². The van der Waals surface area contributed by atoms with Crippen LogP contribution in [0.3, 0.4) is 0 Å². The monoisotopic (exact) mass is 904 g/mol. The van der Waals surface area contributed by atoms with E-state index in [-0.39, 0.29) is 0 Å². The molecule has 0 saturated heterocycles. The second kappa shape index (κ2) is 15.9. The van der Waals surface area contributed by atoms with Gasteiger partial charge in [-0.15, -0.1) is 0 Å². The second-order valence-electron chi connectivity index (χ2n) is 17.7. The van der Waals surface area contributed by atoms with Crippen molar-refractivity contribution in [2.24, 2.45) is 7.05 Å². The summed E-state index contributed by atoms with van der Waals surface area (Å²) < 4.78 is 11.8. The molecular weight excluding hydrogens is 861 g/mol. The van der Waals surface area contributed by atoms with Gasteiger partial charge in [0, 0.05) is 34.8 Å². The Bertz CT molecular complexity index is 3760. The van der Waals surface area contributed by atoms with E-state index < -0.39 is 16.1 Å². The van der Waals surface area contributed by atoms with Crippen LogP contribution in [-0.2, 0) is 7.05 Å². The minimum absolute atomic E-state index is 0.858.